The largest absolute Gasteiger partial charge is 0.405 e. The Labute approximate surface area is 295 Å². The van der Waals surface area contributed by atoms with E-state index in [0.29, 0.717) is 5.57 Å². The lowest BCUT2D eigenvalue weighted by molar-refractivity contribution is -0.104. The number of benzene rings is 1. The van der Waals surface area contributed by atoms with Crippen molar-refractivity contribution >= 4 is 18.1 Å². The van der Waals surface area contributed by atoms with Crippen LogP contribution in [0, 0.1) is 5.92 Å². The molecule has 266 valence electrons. The molecule has 0 aliphatic carbocycles. The molecule has 1 aromatic carbocycles. The topological polar surface area (TPSA) is 70.7 Å². The summed E-state index contributed by atoms with van der Waals surface area (Å²) >= 11 is 0. The van der Waals surface area contributed by atoms with Crippen molar-refractivity contribution in [1.82, 2.24) is 10.3 Å². The number of carbonyl (C=O) groups is 1. The van der Waals surface area contributed by atoms with E-state index in [1.54, 1.807) is 18.5 Å². The fourth-order valence-corrected chi connectivity index (χ4v) is 4.42. The van der Waals surface area contributed by atoms with Crippen LogP contribution in [0.2, 0.25) is 0 Å². The van der Waals surface area contributed by atoms with Gasteiger partial charge >= 0.3 is 0 Å². The van der Waals surface area contributed by atoms with Crippen LogP contribution in [0.25, 0.3) is 5.57 Å². The number of aldehydes is 1. The van der Waals surface area contributed by atoms with E-state index in [9.17, 15) is 4.79 Å². The molecule has 0 bridgehead atoms. The molecule has 0 saturated carbocycles. The molecule has 0 spiro atoms. The summed E-state index contributed by atoms with van der Waals surface area (Å²) < 4.78 is 0. The van der Waals surface area contributed by atoms with E-state index in [1.807, 2.05) is 93.5 Å². The van der Waals surface area contributed by atoms with Crippen molar-refractivity contribution in [3.05, 3.63) is 138 Å². The number of nitrogens with two attached hydrogens (primary N) is 1. The number of rotatable bonds is 13. The van der Waals surface area contributed by atoms with Crippen molar-refractivity contribution in [3.63, 3.8) is 0 Å². The smallest absolute Gasteiger partial charge is 0.151 e. The molecule has 5 heteroatoms. The normalized spacial score (nSPS) is 13.2. The van der Waals surface area contributed by atoms with Crippen LogP contribution in [-0.4, -0.2) is 30.5 Å². The first-order valence-corrected chi connectivity index (χ1v) is 17.4. The molecule has 3 N–H and O–H groups in total. The lowest BCUT2D eigenvalue weighted by Gasteiger charge is -2.35. The summed E-state index contributed by atoms with van der Waals surface area (Å²) in [5.74, 6) is 0.259. The molecule has 0 unspecified atom stereocenters. The Hall–Kier alpha value is -4.38. The minimum absolute atomic E-state index is 0.259. The third kappa shape index (κ3) is 20.0. The van der Waals surface area contributed by atoms with Crippen molar-refractivity contribution in [3.8, 4) is 0 Å². The zero-order chi connectivity index (χ0) is 37.5. The van der Waals surface area contributed by atoms with E-state index in [1.165, 1.54) is 11.8 Å². The van der Waals surface area contributed by atoms with Gasteiger partial charge in [0, 0.05) is 42.6 Å². The van der Waals surface area contributed by atoms with Crippen LogP contribution in [0.5, 0.6) is 0 Å². The number of hydrogen-bond acceptors (Lipinski definition) is 5. The molecule has 1 saturated heterocycles. The molecule has 1 heterocycles. The maximum Gasteiger partial charge on any atom is 0.151 e. The molecule has 0 amide bonds. The Morgan fingerprint density at radius 3 is 1.92 bits per heavy atom. The highest BCUT2D eigenvalue weighted by Crippen LogP contribution is 2.29. The monoisotopic (exact) mass is 657 g/mol. The molecule has 2 rings (SSSR count). The third-order valence-electron chi connectivity index (χ3n) is 6.93. The third-order valence-corrected chi connectivity index (χ3v) is 6.93. The van der Waals surface area contributed by atoms with Crippen LogP contribution in [0.15, 0.2) is 138 Å². The van der Waals surface area contributed by atoms with Gasteiger partial charge < -0.3 is 10.6 Å². The Kier molecular flexibility index (Phi) is 31.2. The highest BCUT2D eigenvalue weighted by molar-refractivity contribution is 5.87. The molecule has 0 radical (unpaired) electrons. The summed E-state index contributed by atoms with van der Waals surface area (Å²) in [5.41, 5.74) is 16.8. The molecular weight excluding hydrogens is 589 g/mol. The van der Waals surface area contributed by atoms with Gasteiger partial charge in [-0.2, -0.15) is 5.10 Å². The molecule has 0 aromatic heterocycles. The summed E-state index contributed by atoms with van der Waals surface area (Å²) in [6.45, 7) is 40.3. The van der Waals surface area contributed by atoms with Crippen molar-refractivity contribution in [2.75, 3.05) is 13.1 Å². The Bertz CT molecular complexity index is 1260. The molecular formula is C43H68N4O. The highest BCUT2D eigenvalue weighted by Gasteiger charge is 2.23. The predicted octanol–water partition coefficient (Wildman–Crippen LogP) is 11.5. The number of nitrogens with zero attached hydrogens (tertiary/aromatic N) is 2. The van der Waals surface area contributed by atoms with E-state index in [2.05, 4.69) is 73.0 Å². The molecule has 1 aliphatic heterocycles. The van der Waals surface area contributed by atoms with Crippen LogP contribution in [0.1, 0.15) is 101 Å². The second-order valence-electron chi connectivity index (χ2n) is 10.6. The fourth-order valence-electron chi connectivity index (χ4n) is 4.42. The maximum absolute atomic E-state index is 11.8. The lowest BCUT2D eigenvalue weighted by Crippen LogP contribution is -2.33. The van der Waals surface area contributed by atoms with E-state index in [4.69, 9.17) is 5.73 Å². The molecule has 5 nitrogen and oxygen atoms in total. The average molecular weight is 657 g/mol. The van der Waals surface area contributed by atoms with Gasteiger partial charge in [0.25, 0.3) is 0 Å². The Morgan fingerprint density at radius 1 is 0.938 bits per heavy atom. The van der Waals surface area contributed by atoms with Crippen molar-refractivity contribution < 1.29 is 4.79 Å². The first-order valence-electron chi connectivity index (χ1n) is 17.4. The van der Waals surface area contributed by atoms with Crippen LogP contribution >= 0.6 is 0 Å². The number of hydrogen-bond donors (Lipinski definition) is 2. The quantitative estimate of drug-likeness (QED) is 0.0553. The lowest BCUT2D eigenvalue weighted by atomic mass is 9.86. The van der Waals surface area contributed by atoms with Gasteiger partial charge in [-0.1, -0.05) is 134 Å². The van der Waals surface area contributed by atoms with Crippen LogP contribution in [0.4, 0.5) is 0 Å². The summed E-state index contributed by atoms with van der Waals surface area (Å²) in [6.07, 6.45) is 16.2. The van der Waals surface area contributed by atoms with Crippen molar-refractivity contribution in [1.29, 1.82) is 0 Å². The highest BCUT2D eigenvalue weighted by atomic mass is 16.1. The van der Waals surface area contributed by atoms with Crippen molar-refractivity contribution in [2.45, 2.75) is 95.4 Å². The van der Waals surface area contributed by atoms with Crippen LogP contribution in [-0.2, 0) is 4.79 Å². The van der Waals surface area contributed by atoms with E-state index in [0.717, 1.165) is 77.8 Å². The SMILES string of the molecule is C/C=C\N.C=C/C(=C\C=C(/C)c1ccccc1)C(/C=N\N/C=C(/C=O)C(=C)C1CCN(C(=C)CC(=C)C)CC1)=C(C)C.CC.CC.CC. The molecule has 1 aliphatic rings. The molecule has 48 heavy (non-hydrogen) atoms. The van der Waals surface area contributed by atoms with E-state index < -0.39 is 0 Å². The number of hydrazone groups is 1. The number of allylic oxidation sites excluding steroid dienone is 11. The van der Waals surface area contributed by atoms with Gasteiger partial charge in [-0.25, -0.2) is 0 Å². The first-order chi connectivity index (χ1) is 23.1. The minimum Gasteiger partial charge on any atom is -0.405 e. The van der Waals surface area contributed by atoms with Crippen LogP contribution in [0.3, 0.4) is 0 Å². The Balaban J connectivity index is -0.00000182. The predicted molar refractivity (Wildman–Crippen MR) is 218 cm³/mol. The fraction of sp³-hybridized carbons (Fsp3) is 0.395. The number of likely N-dealkylation sites (tertiary alicyclic amines) is 1. The maximum atomic E-state index is 11.8. The second-order valence-corrected chi connectivity index (χ2v) is 10.6. The number of carbonyl (C=O) groups excluding carboxylic acids is 1. The zero-order valence-corrected chi connectivity index (χ0v) is 32.3. The molecule has 1 aromatic rings. The van der Waals surface area contributed by atoms with Gasteiger partial charge in [-0.05, 0) is 81.9 Å². The van der Waals surface area contributed by atoms with Crippen molar-refractivity contribution in [2.24, 2.45) is 16.8 Å². The van der Waals surface area contributed by atoms with Gasteiger partial charge in [0.05, 0.1) is 6.21 Å². The second kappa shape index (κ2) is 31.2. The standard InChI is InChI=1S/C34H43N3O.C3H7N.3C2H6/c1-9-30(16-15-27(6)31-13-11-10-12-14-31)34(26(4)5)23-36-35-22-33(24-38)29(8)32-17-19-37(20-18-32)28(7)21-25(2)3;1-2-3-4;3*1-2/h9-16,22-24,32,35H,1-2,7-8,17-21H2,3-6H3;2-3H,4H2,1H3;3*1-2H3/b27-15+,30-16+,33-22-,36-23-;3-2-;;;. The summed E-state index contributed by atoms with van der Waals surface area (Å²) in [5, 5.41) is 4.38. The van der Waals surface area contributed by atoms with Gasteiger partial charge in [0.1, 0.15) is 0 Å². The first kappa shape index (κ1) is 48.0. The van der Waals surface area contributed by atoms with E-state index in [-0.39, 0.29) is 5.92 Å². The van der Waals surface area contributed by atoms with Gasteiger partial charge in [-0.15, -0.1) is 0 Å². The minimum atomic E-state index is 0.259. The van der Waals surface area contributed by atoms with Gasteiger partial charge in [0.2, 0.25) is 0 Å². The Morgan fingerprint density at radius 2 is 1.48 bits per heavy atom. The molecule has 1 fully saturated rings. The van der Waals surface area contributed by atoms with Gasteiger partial charge in [-0.3, -0.25) is 10.2 Å². The van der Waals surface area contributed by atoms with Crippen LogP contribution < -0.4 is 11.2 Å². The molecule has 0 atom stereocenters. The summed E-state index contributed by atoms with van der Waals surface area (Å²) in [4.78, 5) is 14.2. The summed E-state index contributed by atoms with van der Waals surface area (Å²) in [6, 6.07) is 10.3. The number of nitrogens with one attached hydrogen (secondary N) is 1. The summed E-state index contributed by atoms with van der Waals surface area (Å²) in [7, 11) is 0. The van der Waals surface area contributed by atoms with Gasteiger partial charge in [0.15, 0.2) is 6.29 Å². The number of piperidine rings is 1. The average Bonchev–Trinajstić information content (AvgIpc) is 3.13. The zero-order valence-electron chi connectivity index (χ0n) is 32.3. The van der Waals surface area contributed by atoms with E-state index >= 15 is 0 Å².